The van der Waals surface area contributed by atoms with Crippen molar-refractivity contribution in [2.75, 3.05) is 18.9 Å². The largest absolute Gasteiger partial charge is 0.332 e. The van der Waals surface area contributed by atoms with E-state index < -0.39 is 17.2 Å². The molecule has 0 aliphatic heterocycles. The van der Waals surface area contributed by atoms with Gasteiger partial charge in [0.15, 0.2) is 0 Å². The van der Waals surface area contributed by atoms with Crippen molar-refractivity contribution in [1.82, 2.24) is 19.0 Å². The molecule has 0 aliphatic carbocycles. The first-order valence-electron chi connectivity index (χ1n) is 9.29. The summed E-state index contributed by atoms with van der Waals surface area (Å²) in [7, 11) is 4.36. The van der Waals surface area contributed by atoms with Crippen LogP contribution in [-0.2, 0) is 18.9 Å². The molecule has 156 valence electrons. The van der Waals surface area contributed by atoms with Gasteiger partial charge in [-0.2, -0.15) is 0 Å². The average molecular weight is 409 g/mol. The molecule has 3 aromatic rings. The molecule has 0 fully saturated rings. The minimum Gasteiger partial charge on any atom is -0.332 e. The predicted octanol–water partition coefficient (Wildman–Crippen LogP) is 0.960. The predicted molar refractivity (Wildman–Crippen MR) is 114 cm³/mol. The summed E-state index contributed by atoms with van der Waals surface area (Å²) >= 11 is 0. The van der Waals surface area contributed by atoms with Gasteiger partial charge in [0.2, 0.25) is 5.91 Å². The lowest BCUT2D eigenvalue weighted by Gasteiger charge is -2.18. The van der Waals surface area contributed by atoms with Gasteiger partial charge in [0.05, 0.1) is 17.5 Å². The van der Waals surface area contributed by atoms with Crippen LogP contribution >= 0.6 is 0 Å². The Bertz CT molecular complexity index is 1290. The third-order valence-corrected chi connectivity index (χ3v) is 5.15. The van der Waals surface area contributed by atoms with Gasteiger partial charge in [0.25, 0.3) is 11.5 Å². The van der Waals surface area contributed by atoms with Crippen LogP contribution in [0.2, 0.25) is 0 Å². The van der Waals surface area contributed by atoms with Crippen molar-refractivity contribution in [3.63, 3.8) is 0 Å². The van der Waals surface area contributed by atoms with E-state index in [4.69, 9.17) is 0 Å². The fraction of sp³-hybridized carbons (Fsp3) is 0.286. The summed E-state index contributed by atoms with van der Waals surface area (Å²) in [5.41, 5.74) is 2.01. The SMILES string of the molecule is Cc1cccc(NC(=O)CN(C)C(=O)c2cnc3c(c2)c(=O)n(C)c(=O)n3C)c1C. The summed E-state index contributed by atoms with van der Waals surface area (Å²) in [6.07, 6.45) is 1.29. The van der Waals surface area contributed by atoms with Gasteiger partial charge in [0, 0.05) is 33.0 Å². The molecule has 0 radical (unpaired) electrons. The van der Waals surface area contributed by atoms with Gasteiger partial charge in [-0.3, -0.25) is 23.5 Å². The van der Waals surface area contributed by atoms with Gasteiger partial charge in [-0.1, -0.05) is 12.1 Å². The Balaban J connectivity index is 1.83. The van der Waals surface area contributed by atoms with Crippen molar-refractivity contribution in [3.05, 3.63) is 68.0 Å². The van der Waals surface area contributed by atoms with Crippen molar-refractivity contribution in [2.24, 2.45) is 14.1 Å². The van der Waals surface area contributed by atoms with Crippen molar-refractivity contribution < 1.29 is 9.59 Å². The summed E-state index contributed by atoms with van der Waals surface area (Å²) in [4.78, 5) is 55.0. The van der Waals surface area contributed by atoms with Gasteiger partial charge in [0.1, 0.15) is 5.65 Å². The second-order valence-corrected chi connectivity index (χ2v) is 7.26. The number of aromatic nitrogens is 3. The zero-order valence-electron chi connectivity index (χ0n) is 17.5. The number of amides is 2. The Morgan fingerprint density at radius 2 is 1.83 bits per heavy atom. The molecule has 0 saturated carbocycles. The summed E-state index contributed by atoms with van der Waals surface area (Å²) in [5.74, 6) is -0.803. The Kier molecular flexibility index (Phi) is 5.55. The monoisotopic (exact) mass is 409 g/mol. The van der Waals surface area contributed by atoms with Crippen LogP contribution in [0.25, 0.3) is 11.0 Å². The van der Waals surface area contributed by atoms with Crippen LogP contribution in [0, 0.1) is 13.8 Å². The highest BCUT2D eigenvalue weighted by molar-refractivity contribution is 6.00. The van der Waals surface area contributed by atoms with Crippen LogP contribution in [0.15, 0.2) is 40.1 Å². The molecule has 0 atom stereocenters. The number of fused-ring (bicyclic) bond motifs is 1. The number of pyridine rings is 1. The first kappa shape index (κ1) is 21.0. The fourth-order valence-corrected chi connectivity index (χ4v) is 3.17. The van der Waals surface area contributed by atoms with E-state index in [1.165, 1.54) is 42.9 Å². The summed E-state index contributed by atoms with van der Waals surface area (Å²) in [5, 5.41) is 2.96. The number of likely N-dealkylation sites (N-methyl/N-ethyl adjacent to an activating group) is 1. The molecule has 0 saturated heterocycles. The van der Waals surface area contributed by atoms with E-state index in [1.54, 1.807) is 6.07 Å². The number of carbonyl (C=O) groups excluding carboxylic acids is 2. The van der Waals surface area contributed by atoms with E-state index in [0.29, 0.717) is 5.69 Å². The lowest BCUT2D eigenvalue weighted by molar-refractivity contribution is -0.116. The number of aryl methyl sites for hydroxylation is 2. The van der Waals surface area contributed by atoms with E-state index in [1.807, 2.05) is 26.0 Å². The molecule has 9 nitrogen and oxygen atoms in total. The molecule has 0 spiro atoms. The van der Waals surface area contributed by atoms with E-state index in [-0.39, 0.29) is 29.0 Å². The van der Waals surface area contributed by atoms with Crippen molar-refractivity contribution >= 4 is 28.5 Å². The number of rotatable bonds is 4. The highest BCUT2D eigenvalue weighted by Gasteiger charge is 2.18. The molecule has 9 heteroatoms. The van der Waals surface area contributed by atoms with Gasteiger partial charge in [-0.15, -0.1) is 0 Å². The zero-order chi connectivity index (χ0) is 22.2. The quantitative estimate of drug-likeness (QED) is 0.691. The molecule has 2 heterocycles. The average Bonchev–Trinajstić information content (AvgIpc) is 2.72. The van der Waals surface area contributed by atoms with E-state index >= 15 is 0 Å². The third kappa shape index (κ3) is 3.73. The van der Waals surface area contributed by atoms with Crippen LogP contribution in [0.3, 0.4) is 0 Å². The number of nitrogens with zero attached hydrogens (tertiary/aromatic N) is 4. The first-order valence-corrected chi connectivity index (χ1v) is 9.29. The molecule has 1 N–H and O–H groups in total. The molecular formula is C21H23N5O4. The first-order chi connectivity index (χ1) is 14.1. The second-order valence-electron chi connectivity index (χ2n) is 7.26. The maximum absolute atomic E-state index is 12.8. The fourth-order valence-electron chi connectivity index (χ4n) is 3.17. The molecule has 30 heavy (non-hydrogen) atoms. The molecule has 3 rings (SSSR count). The van der Waals surface area contributed by atoms with Gasteiger partial charge >= 0.3 is 5.69 Å². The summed E-state index contributed by atoms with van der Waals surface area (Å²) < 4.78 is 2.20. The van der Waals surface area contributed by atoms with Crippen LogP contribution < -0.4 is 16.6 Å². The van der Waals surface area contributed by atoms with Crippen LogP contribution in [0.1, 0.15) is 21.5 Å². The van der Waals surface area contributed by atoms with E-state index in [0.717, 1.165) is 15.7 Å². The Morgan fingerprint density at radius 3 is 2.53 bits per heavy atom. The molecule has 2 amide bonds. The normalized spacial score (nSPS) is 10.8. The van der Waals surface area contributed by atoms with Crippen LogP contribution in [0.4, 0.5) is 5.69 Å². The summed E-state index contributed by atoms with van der Waals surface area (Å²) in [6, 6.07) is 7.00. The minimum absolute atomic E-state index is 0.152. The molecular weight excluding hydrogens is 386 g/mol. The molecule has 0 aliphatic rings. The second kappa shape index (κ2) is 7.94. The van der Waals surface area contributed by atoms with Crippen molar-refractivity contribution in [3.8, 4) is 0 Å². The number of anilines is 1. The Hall–Kier alpha value is -3.75. The lowest BCUT2D eigenvalue weighted by atomic mass is 10.1. The lowest BCUT2D eigenvalue weighted by Crippen LogP contribution is -2.38. The highest BCUT2D eigenvalue weighted by Crippen LogP contribution is 2.18. The van der Waals surface area contributed by atoms with E-state index in [9.17, 15) is 19.2 Å². The van der Waals surface area contributed by atoms with E-state index in [2.05, 4.69) is 10.3 Å². The topological polar surface area (TPSA) is 106 Å². The maximum atomic E-state index is 12.8. The van der Waals surface area contributed by atoms with Gasteiger partial charge in [-0.05, 0) is 37.1 Å². The van der Waals surface area contributed by atoms with Gasteiger partial charge < -0.3 is 10.2 Å². The molecule has 2 aromatic heterocycles. The number of hydrogen-bond donors (Lipinski definition) is 1. The standard InChI is InChI=1S/C21H23N5O4/c1-12-7-6-8-16(13(12)2)23-17(27)11-24(3)19(28)14-9-15-18(22-10-14)25(4)21(30)26(5)20(15)29/h6-10H,11H2,1-5H3,(H,23,27). The number of nitrogens with one attached hydrogen (secondary N) is 1. The highest BCUT2D eigenvalue weighted by atomic mass is 16.2. The number of benzene rings is 1. The molecule has 0 unspecified atom stereocenters. The Morgan fingerprint density at radius 1 is 1.13 bits per heavy atom. The summed E-state index contributed by atoms with van der Waals surface area (Å²) in [6.45, 7) is 3.69. The Labute approximate surface area is 172 Å². The van der Waals surface area contributed by atoms with Crippen LogP contribution in [0.5, 0.6) is 0 Å². The number of carbonyl (C=O) groups is 2. The molecule has 0 bridgehead atoms. The third-order valence-electron chi connectivity index (χ3n) is 5.15. The number of hydrogen-bond acceptors (Lipinski definition) is 5. The van der Waals surface area contributed by atoms with Crippen molar-refractivity contribution in [2.45, 2.75) is 13.8 Å². The smallest absolute Gasteiger partial charge is 0.332 e. The van der Waals surface area contributed by atoms with Crippen LogP contribution in [-0.4, -0.2) is 44.4 Å². The maximum Gasteiger partial charge on any atom is 0.332 e. The zero-order valence-corrected chi connectivity index (χ0v) is 17.5. The molecule has 1 aromatic carbocycles. The van der Waals surface area contributed by atoms with Gasteiger partial charge in [-0.25, -0.2) is 9.78 Å². The minimum atomic E-state index is -0.537. The van der Waals surface area contributed by atoms with Crippen molar-refractivity contribution in [1.29, 1.82) is 0 Å².